The molecule has 1 aliphatic rings. The highest BCUT2D eigenvalue weighted by atomic mass is 16.6. The predicted octanol–water partition coefficient (Wildman–Crippen LogP) is 4.78. The number of hydrogen-bond donors (Lipinski definition) is 0. The molecule has 1 aliphatic heterocycles. The maximum absolute atomic E-state index is 12.3. The number of pyridine rings is 1. The first kappa shape index (κ1) is 23.6. The van der Waals surface area contributed by atoms with E-state index in [1.54, 1.807) is 4.90 Å². The first-order valence-electron chi connectivity index (χ1n) is 10.7. The maximum Gasteiger partial charge on any atom is 0.410 e. The Morgan fingerprint density at radius 2 is 2.03 bits per heavy atom. The molecule has 0 N–H and O–H groups in total. The van der Waals surface area contributed by atoms with Gasteiger partial charge in [0, 0.05) is 43.2 Å². The number of nitrogens with zero attached hydrogens (tertiary/aromatic N) is 6. The number of aromatic nitrogens is 1. The van der Waals surface area contributed by atoms with Crippen molar-refractivity contribution in [1.29, 1.82) is 0 Å². The van der Waals surface area contributed by atoms with Gasteiger partial charge in [0.15, 0.2) is 0 Å². The highest BCUT2D eigenvalue weighted by Crippen LogP contribution is 2.22. The fourth-order valence-electron chi connectivity index (χ4n) is 3.29. The lowest BCUT2D eigenvalue weighted by atomic mass is 10.2. The highest BCUT2D eigenvalue weighted by Gasteiger charge is 2.30. The van der Waals surface area contributed by atoms with Crippen LogP contribution in [-0.2, 0) is 4.74 Å². The van der Waals surface area contributed by atoms with Crippen LogP contribution in [0.4, 0.5) is 10.6 Å². The van der Waals surface area contributed by atoms with Gasteiger partial charge in [-0.3, -0.25) is 0 Å². The number of azide groups is 1. The zero-order chi connectivity index (χ0) is 22.0. The van der Waals surface area contributed by atoms with E-state index in [-0.39, 0.29) is 12.1 Å². The maximum atomic E-state index is 12.3. The first-order chi connectivity index (χ1) is 14.3. The molecule has 0 aliphatic carbocycles. The molecule has 30 heavy (non-hydrogen) atoms. The van der Waals surface area contributed by atoms with E-state index >= 15 is 0 Å². The molecule has 0 spiro atoms. The van der Waals surface area contributed by atoms with Crippen molar-refractivity contribution in [2.24, 2.45) is 5.11 Å². The molecular weight excluding hydrogens is 384 g/mol. The van der Waals surface area contributed by atoms with E-state index in [0.717, 1.165) is 31.5 Å². The van der Waals surface area contributed by atoms with E-state index in [9.17, 15) is 4.79 Å². The van der Waals surface area contributed by atoms with Crippen LogP contribution >= 0.6 is 0 Å². The van der Waals surface area contributed by atoms with Crippen molar-refractivity contribution in [2.45, 2.75) is 65.0 Å². The summed E-state index contributed by atoms with van der Waals surface area (Å²) in [7, 11) is 0. The molecule has 1 saturated heterocycles. The molecule has 2 heterocycles. The Morgan fingerprint density at radius 1 is 1.27 bits per heavy atom. The highest BCUT2D eigenvalue weighted by molar-refractivity contribution is 5.68. The van der Waals surface area contributed by atoms with Gasteiger partial charge in [-0.25, -0.2) is 4.79 Å². The third-order valence-corrected chi connectivity index (χ3v) is 4.75. The second-order valence-electron chi connectivity index (χ2n) is 8.52. The third kappa shape index (κ3) is 7.99. The molecule has 166 valence electrons. The average Bonchev–Trinajstić information content (AvgIpc) is 2.69. The zero-order valence-corrected chi connectivity index (χ0v) is 18.6. The van der Waals surface area contributed by atoms with E-state index in [1.165, 1.54) is 0 Å². The van der Waals surface area contributed by atoms with Gasteiger partial charge in [-0.15, -0.1) is 0 Å². The molecule has 0 bridgehead atoms. The molecule has 1 amide bonds. The minimum atomic E-state index is -0.491. The Hall–Kier alpha value is -2.67. The Kier molecular flexibility index (Phi) is 9.05. The van der Waals surface area contributed by atoms with Crippen molar-refractivity contribution in [1.82, 2.24) is 9.88 Å². The zero-order valence-electron chi connectivity index (χ0n) is 18.6. The fraction of sp³-hybridized carbons (Fsp3) is 0.714. The van der Waals surface area contributed by atoms with Crippen molar-refractivity contribution < 1.29 is 14.3 Å². The molecule has 1 atom stereocenters. The molecule has 9 heteroatoms. The van der Waals surface area contributed by atoms with E-state index in [4.69, 9.17) is 15.0 Å². The number of ether oxygens (including phenoxy) is 2. The van der Waals surface area contributed by atoms with Crippen LogP contribution in [0, 0.1) is 0 Å². The Morgan fingerprint density at radius 3 is 2.73 bits per heavy atom. The van der Waals surface area contributed by atoms with Gasteiger partial charge in [-0.2, -0.15) is 4.98 Å². The second kappa shape index (κ2) is 11.5. The van der Waals surface area contributed by atoms with Crippen LogP contribution in [0.5, 0.6) is 5.88 Å². The van der Waals surface area contributed by atoms with E-state index in [2.05, 4.69) is 26.8 Å². The van der Waals surface area contributed by atoms with E-state index in [1.807, 2.05) is 39.0 Å². The summed E-state index contributed by atoms with van der Waals surface area (Å²) in [6.45, 7) is 10.8. The van der Waals surface area contributed by atoms with E-state index in [0.29, 0.717) is 38.7 Å². The van der Waals surface area contributed by atoms with Crippen LogP contribution < -0.4 is 9.64 Å². The standard InChI is InChI=1S/C21H34N6O3/c1-17-16-26(20(28)30-21(2,3)4)13-14-27(17)18-10-9-11-19(24-18)29-15-8-6-5-7-12-23-25-22/h9-11,17H,5-8,12-16H2,1-4H3. The summed E-state index contributed by atoms with van der Waals surface area (Å²) >= 11 is 0. The average molecular weight is 419 g/mol. The van der Waals surface area contributed by atoms with Crippen LogP contribution in [0.1, 0.15) is 53.4 Å². The lowest BCUT2D eigenvalue weighted by molar-refractivity contribution is 0.0218. The summed E-state index contributed by atoms with van der Waals surface area (Å²) in [5, 5.41) is 3.53. The van der Waals surface area contributed by atoms with Crippen molar-refractivity contribution >= 4 is 11.9 Å². The van der Waals surface area contributed by atoms with Gasteiger partial charge in [-0.1, -0.05) is 24.0 Å². The number of unbranched alkanes of at least 4 members (excludes halogenated alkanes) is 3. The molecule has 0 radical (unpaired) electrons. The summed E-state index contributed by atoms with van der Waals surface area (Å²) in [5.74, 6) is 1.47. The SMILES string of the molecule is CC1CN(C(=O)OC(C)(C)C)CCN1c1cccc(OCCCCCCN=[N+]=[N-])n1. The predicted molar refractivity (Wildman–Crippen MR) is 117 cm³/mol. The van der Waals surface area contributed by atoms with Crippen molar-refractivity contribution in [3.05, 3.63) is 28.6 Å². The lowest BCUT2D eigenvalue weighted by Crippen LogP contribution is -2.54. The van der Waals surface area contributed by atoms with Gasteiger partial charge >= 0.3 is 6.09 Å². The molecule has 1 aromatic heterocycles. The van der Waals surface area contributed by atoms with Crippen LogP contribution in [0.3, 0.4) is 0 Å². The minimum Gasteiger partial charge on any atom is -0.478 e. The number of carbonyl (C=O) groups is 1. The van der Waals surface area contributed by atoms with Crippen LogP contribution in [0.15, 0.2) is 23.3 Å². The molecule has 1 aromatic rings. The topological polar surface area (TPSA) is 104 Å². The minimum absolute atomic E-state index is 0.130. The molecule has 9 nitrogen and oxygen atoms in total. The Bertz CT molecular complexity index is 730. The summed E-state index contributed by atoms with van der Waals surface area (Å²) < 4.78 is 11.3. The van der Waals surface area contributed by atoms with Gasteiger partial charge in [0.2, 0.25) is 5.88 Å². The normalized spacial score (nSPS) is 16.7. The fourth-order valence-corrected chi connectivity index (χ4v) is 3.29. The summed E-state index contributed by atoms with van der Waals surface area (Å²) in [6, 6.07) is 5.92. The smallest absolute Gasteiger partial charge is 0.410 e. The molecule has 2 rings (SSSR count). The molecule has 0 aromatic carbocycles. The number of anilines is 1. The number of rotatable bonds is 9. The molecular formula is C21H34N6O3. The van der Waals surface area contributed by atoms with E-state index < -0.39 is 5.60 Å². The number of amides is 1. The summed E-state index contributed by atoms with van der Waals surface area (Å²) in [6.07, 6.45) is 3.64. The van der Waals surface area contributed by atoms with Crippen molar-refractivity contribution in [2.75, 3.05) is 37.7 Å². The quantitative estimate of drug-likeness (QED) is 0.248. The van der Waals surface area contributed by atoms with Crippen molar-refractivity contribution in [3.63, 3.8) is 0 Å². The summed E-state index contributed by atoms with van der Waals surface area (Å²) in [5.41, 5.74) is 7.76. The largest absolute Gasteiger partial charge is 0.478 e. The second-order valence-corrected chi connectivity index (χ2v) is 8.52. The Balaban J connectivity index is 1.80. The lowest BCUT2D eigenvalue weighted by Gasteiger charge is -2.40. The molecule has 1 unspecified atom stereocenters. The van der Waals surface area contributed by atoms with Gasteiger partial charge < -0.3 is 19.3 Å². The number of hydrogen-bond acceptors (Lipinski definition) is 6. The molecule has 1 fully saturated rings. The van der Waals surface area contributed by atoms with Gasteiger partial charge in [0.05, 0.1) is 6.61 Å². The monoisotopic (exact) mass is 418 g/mol. The van der Waals surface area contributed by atoms with Gasteiger partial charge in [-0.05, 0) is 52.1 Å². The van der Waals surface area contributed by atoms with Crippen LogP contribution in [-0.4, -0.2) is 60.4 Å². The summed E-state index contributed by atoms with van der Waals surface area (Å²) in [4.78, 5) is 23.7. The van der Waals surface area contributed by atoms with Crippen molar-refractivity contribution in [3.8, 4) is 5.88 Å². The van der Waals surface area contributed by atoms with Gasteiger partial charge in [0.25, 0.3) is 0 Å². The third-order valence-electron chi connectivity index (χ3n) is 4.75. The Labute approximate surface area is 179 Å². The molecule has 0 saturated carbocycles. The van der Waals surface area contributed by atoms with Crippen LogP contribution in [0.25, 0.3) is 10.4 Å². The van der Waals surface area contributed by atoms with Gasteiger partial charge in [0.1, 0.15) is 11.4 Å². The number of carbonyl (C=O) groups excluding carboxylic acids is 1. The number of piperazine rings is 1. The van der Waals surface area contributed by atoms with Crippen LogP contribution in [0.2, 0.25) is 0 Å². The first-order valence-corrected chi connectivity index (χ1v) is 10.7.